The number of anilines is 1. The van der Waals surface area contributed by atoms with Gasteiger partial charge in [0.15, 0.2) is 11.6 Å². The Bertz CT molecular complexity index is 644. The molecule has 0 radical (unpaired) electrons. The fraction of sp³-hybridized carbons (Fsp3) is 0.235. The number of nitrogens with one attached hydrogen (secondary N) is 1. The molecule has 0 bridgehead atoms. The standard InChI is InChI=1S/C17H18F2N2O/c1-12(2)21(11-13-6-4-3-5-7-13)17(22)20-14-8-9-15(18)16(19)10-14/h3-10,12H,11H2,1-2H3,(H,20,22). The SMILES string of the molecule is CC(C)N(Cc1ccccc1)C(=O)Nc1ccc(F)c(F)c1. The average molecular weight is 304 g/mol. The van der Waals surface area contributed by atoms with E-state index in [9.17, 15) is 13.6 Å². The molecule has 2 amide bonds. The van der Waals surface area contributed by atoms with Gasteiger partial charge in [0.05, 0.1) is 0 Å². The van der Waals surface area contributed by atoms with Gasteiger partial charge in [-0.3, -0.25) is 0 Å². The Labute approximate surface area is 128 Å². The number of hydrogen-bond acceptors (Lipinski definition) is 1. The molecule has 5 heteroatoms. The van der Waals surface area contributed by atoms with Gasteiger partial charge in [-0.1, -0.05) is 30.3 Å². The van der Waals surface area contributed by atoms with Gasteiger partial charge in [-0.2, -0.15) is 0 Å². The van der Waals surface area contributed by atoms with Crippen LogP contribution in [-0.2, 0) is 6.54 Å². The maximum Gasteiger partial charge on any atom is 0.322 e. The minimum atomic E-state index is -0.989. The molecular formula is C17H18F2N2O. The van der Waals surface area contributed by atoms with Crippen molar-refractivity contribution in [1.29, 1.82) is 0 Å². The summed E-state index contributed by atoms with van der Waals surface area (Å²) in [6.07, 6.45) is 0. The van der Waals surface area contributed by atoms with E-state index >= 15 is 0 Å². The number of hydrogen-bond donors (Lipinski definition) is 1. The first kappa shape index (κ1) is 15.9. The second-order valence-corrected chi connectivity index (χ2v) is 5.27. The Morgan fingerprint density at radius 3 is 2.36 bits per heavy atom. The smallest absolute Gasteiger partial charge is 0.318 e. The zero-order chi connectivity index (χ0) is 16.1. The van der Waals surface area contributed by atoms with E-state index in [1.54, 1.807) is 4.90 Å². The number of urea groups is 1. The van der Waals surface area contributed by atoms with Crippen molar-refractivity contribution in [2.24, 2.45) is 0 Å². The molecule has 3 nitrogen and oxygen atoms in total. The largest absolute Gasteiger partial charge is 0.322 e. The van der Waals surface area contributed by atoms with Gasteiger partial charge >= 0.3 is 6.03 Å². The van der Waals surface area contributed by atoms with Gasteiger partial charge in [0.25, 0.3) is 0 Å². The third-order valence-corrected chi connectivity index (χ3v) is 3.25. The summed E-state index contributed by atoms with van der Waals surface area (Å²) in [6, 6.07) is 12.5. The molecule has 0 aliphatic carbocycles. The summed E-state index contributed by atoms with van der Waals surface area (Å²) in [4.78, 5) is 14.0. The van der Waals surface area contributed by atoms with Gasteiger partial charge in [0.2, 0.25) is 0 Å². The molecule has 2 rings (SSSR count). The minimum Gasteiger partial charge on any atom is -0.318 e. The van der Waals surface area contributed by atoms with Crippen LogP contribution < -0.4 is 5.32 Å². The van der Waals surface area contributed by atoms with Gasteiger partial charge in [0, 0.05) is 24.3 Å². The first-order valence-corrected chi connectivity index (χ1v) is 7.04. The zero-order valence-corrected chi connectivity index (χ0v) is 12.5. The van der Waals surface area contributed by atoms with Crippen molar-refractivity contribution < 1.29 is 13.6 Å². The predicted octanol–water partition coefficient (Wildman–Crippen LogP) is 4.41. The lowest BCUT2D eigenvalue weighted by atomic mass is 10.2. The number of benzene rings is 2. The molecule has 0 aliphatic rings. The van der Waals surface area contributed by atoms with Crippen molar-refractivity contribution in [2.45, 2.75) is 26.4 Å². The van der Waals surface area contributed by atoms with E-state index in [0.717, 1.165) is 17.7 Å². The van der Waals surface area contributed by atoms with Crippen LogP contribution in [0.15, 0.2) is 48.5 Å². The summed E-state index contributed by atoms with van der Waals surface area (Å²) in [7, 11) is 0. The third kappa shape index (κ3) is 4.04. The monoisotopic (exact) mass is 304 g/mol. The van der Waals surface area contributed by atoms with Gasteiger partial charge < -0.3 is 10.2 Å². The van der Waals surface area contributed by atoms with Gasteiger partial charge in [-0.05, 0) is 31.5 Å². The molecule has 2 aromatic rings. The summed E-state index contributed by atoms with van der Waals surface area (Å²) >= 11 is 0. The predicted molar refractivity (Wildman–Crippen MR) is 82.5 cm³/mol. The topological polar surface area (TPSA) is 32.3 Å². The van der Waals surface area contributed by atoms with Crippen molar-refractivity contribution in [3.8, 4) is 0 Å². The van der Waals surface area contributed by atoms with Crippen LogP contribution >= 0.6 is 0 Å². The van der Waals surface area contributed by atoms with Crippen LogP contribution in [0.5, 0.6) is 0 Å². The number of rotatable bonds is 4. The van der Waals surface area contributed by atoms with Crippen molar-refractivity contribution >= 4 is 11.7 Å². The van der Waals surface area contributed by atoms with E-state index in [1.807, 2.05) is 44.2 Å². The molecule has 0 saturated heterocycles. The van der Waals surface area contributed by atoms with E-state index < -0.39 is 11.6 Å². The van der Waals surface area contributed by atoms with E-state index in [4.69, 9.17) is 0 Å². The van der Waals surface area contributed by atoms with Crippen LogP contribution in [0.3, 0.4) is 0 Å². The van der Waals surface area contributed by atoms with Crippen molar-refractivity contribution in [2.75, 3.05) is 5.32 Å². The highest BCUT2D eigenvalue weighted by molar-refractivity contribution is 5.89. The van der Waals surface area contributed by atoms with E-state index in [1.165, 1.54) is 6.07 Å². The number of nitrogens with zero attached hydrogens (tertiary/aromatic N) is 1. The highest BCUT2D eigenvalue weighted by Crippen LogP contribution is 2.15. The van der Waals surface area contributed by atoms with E-state index in [-0.39, 0.29) is 17.8 Å². The molecular weight excluding hydrogens is 286 g/mol. The summed E-state index contributed by atoms with van der Waals surface area (Å²) in [6.45, 7) is 4.23. The fourth-order valence-corrected chi connectivity index (χ4v) is 2.04. The molecule has 0 fully saturated rings. The molecule has 0 unspecified atom stereocenters. The van der Waals surface area contributed by atoms with Crippen LogP contribution in [0.1, 0.15) is 19.4 Å². The Morgan fingerprint density at radius 1 is 1.09 bits per heavy atom. The Balaban J connectivity index is 2.11. The second-order valence-electron chi connectivity index (χ2n) is 5.27. The maximum absolute atomic E-state index is 13.2. The maximum atomic E-state index is 13.2. The average Bonchev–Trinajstić information content (AvgIpc) is 2.49. The Hall–Kier alpha value is -2.43. The molecule has 0 heterocycles. The van der Waals surface area contributed by atoms with Gasteiger partial charge in [0.1, 0.15) is 0 Å². The molecule has 116 valence electrons. The molecule has 22 heavy (non-hydrogen) atoms. The molecule has 0 aliphatic heterocycles. The van der Waals surface area contributed by atoms with Gasteiger partial charge in [-0.25, -0.2) is 13.6 Å². The van der Waals surface area contributed by atoms with Crippen LogP contribution in [-0.4, -0.2) is 17.0 Å². The van der Waals surface area contributed by atoms with E-state index in [2.05, 4.69) is 5.32 Å². The molecule has 2 aromatic carbocycles. The minimum absolute atomic E-state index is 0.0366. The van der Waals surface area contributed by atoms with Crippen molar-refractivity contribution in [3.63, 3.8) is 0 Å². The summed E-state index contributed by atoms with van der Waals surface area (Å²) < 4.78 is 26.1. The number of carbonyl (C=O) groups excluding carboxylic acids is 1. The Kier molecular flexibility index (Phi) is 5.09. The number of carbonyl (C=O) groups is 1. The normalized spacial score (nSPS) is 10.6. The molecule has 0 aromatic heterocycles. The zero-order valence-electron chi connectivity index (χ0n) is 12.5. The van der Waals surface area contributed by atoms with Crippen LogP contribution in [0, 0.1) is 11.6 Å². The highest BCUT2D eigenvalue weighted by Gasteiger charge is 2.18. The molecule has 0 spiro atoms. The fourth-order valence-electron chi connectivity index (χ4n) is 2.04. The van der Waals surface area contributed by atoms with Crippen molar-refractivity contribution in [1.82, 2.24) is 4.90 Å². The van der Waals surface area contributed by atoms with Crippen LogP contribution in [0.2, 0.25) is 0 Å². The first-order valence-electron chi connectivity index (χ1n) is 7.04. The quantitative estimate of drug-likeness (QED) is 0.891. The molecule has 1 N–H and O–H groups in total. The molecule has 0 atom stereocenters. The first-order chi connectivity index (χ1) is 10.5. The third-order valence-electron chi connectivity index (χ3n) is 3.25. The lowest BCUT2D eigenvalue weighted by molar-refractivity contribution is 0.193. The summed E-state index contributed by atoms with van der Waals surface area (Å²) in [5, 5.41) is 2.59. The van der Waals surface area contributed by atoms with Crippen LogP contribution in [0.4, 0.5) is 19.3 Å². The lowest BCUT2D eigenvalue weighted by Gasteiger charge is -2.27. The Morgan fingerprint density at radius 2 is 1.77 bits per heavy atom. The molecule has 0 saturated carbocycles. The summed E-state index contributed by atoms with van der Waals surface area (Å²) in [5.74, 6) is -1.93. The second kappa shape index (κ2) is 7.02. The number of amides is 2. The van der Waals surface area contributed by atoms with Gasteiger partial charge in [-0.15, -0.1) is 0 Å². The summed E-state index contributed by atoms with van der Waals surface area (Å²) in [5.41, 5.74) is 1.22. The lowest BCUT2D eigenvalue weighted by Crippen LogP contribution is -2.39. The van der Waals surface area contributed by atoms with E-state index in [0.29, 0.717) is 6.54 Å². The highest BCUT2D eigenvalue weighted by atomic mass is 19.2. The van der Waals surface area contributed by atoms with Crippen molar-refractivity contribution in [3.05, 3.63) is 65.7 Å². The van der Waals surface area contributed by atoms with Crippen LogP contribution in [0.25, 0.3) is 0 Å². The number of halogens is 2.